The van der Waals surface area contributed by atoms with E-state index in [4.69, 9.17) is 5.73 Å². The lowest BCUT2D eigenvalue weighted by Crippen LogP contribution is -2.59. The van der Waals surface area contributed by atoms with Crippen molar-refractivity contribution in [3.8, 4) is 0 Å². The molecule has 118 valence electrons. The normalized spacial score (nSPS) is 26.5. The highest BCUT2D eigenvalue weighted by Crippen LogP contribution is 2.42. The Hall–Kier alpha value is -0.380. The van der Waals surface area contributed by atoms with Crippen LogP contribution in [0.3, 0.4) is 0 Å². The first-order valence-corrected chi connectivity index (χ1v) is 8.95. The molecule has 1 aliphatic rings. The first kappa shape index (κ1) is 17.0. The van der Waals surface area contributed by atoms with Gasteiger partial charge in [-0.2, -0.15) is 0 Å². The van der Waals surface area contributed by atoms with Crippen LogP contribution in [-0.2, 0) is 6.54 Å². The Morgan fingerprint density at radius 2 is 2.05 bits per heavy atom. The lowest BCUT2D eigenvalue weighted by Gasteiger charge is -2.51. The van der Waals surface area contributed by atoms with Gasteiger partial charge in [-0.1, -0.05) is 60.8 Å². The number of halogens is 1. The van der Waals surface area contributed by atoms with Crippen LogP contribution in [-0.4, -0.2) is 24.0 Å². The summed E-state index contributed by atoms with van der Waals surface area (Å²) in [6, 6.07) is 8.52. The van der Waals surface area contributed by atoms with E-state index in [0.717, 1.165) is 13.1 Å². The van der Waals surface area contributed by atoms with Crippen molar-refractivity contribution in [2.24, 2.45) is 17.6 Å². The van der Waals surface area contributed by atoms with Crippen molar-refractivity contribution in [2.75, 3.05) is 13.6 Å². The molecule has 2 N–H and O–H groups in total. The number of likely N-dealkylation sites (N-methyl/N-ethyl adjacent to an activating group) is 1. The lowest BCUT2D eigenvalue weighted by molar-refractivity contribution is -0.00194. The van der Waals surface area contributed by atoms with Crippen molar-refractivity contribution < 1.29 is 0 Å². The number of benzene rings is 1. The molecule has 1 aliphatic carbocycles. The Kier molecular flexibility index (Phi) is 5.87. The van der Waals surface area contributed by atoms with Crippen molar-refractivity contribution in [1.82, 2.24) is 4.90 Å². The largest absolute Gasteiger partial charge is 0.329 e. The van der Waals surface area contributed by atoms with Crippen molar-refractivity contribution in [2.45, 2.75) is 51.6 Å². The fraction of sp³-hybridized carbons (Fsp3) is 0.667. The maximum atomic E-state index is 6.31. The molecule has 2 unspecified atom stereocenters. The summed E-state index contributed by atoms with van der Waals surface area (Å²) in [4.78, 5) is 2.52. The summed E-state index contributed by atoms with van der Waals surface area (Å²) in [6.07, 6.45) is 5.21. The molecule has 0 spiro atoms. The zero-order chi connectivity index (χ0) is 15.5. The second-order valence-electron chi connectivity index (χ2n) is 6.85. The molecular weight excluding hydrogens is 324 g/mol. The quantitative estimate of drug-likeness (QED) is 0.849. The van der Waals surface area contributed by atoms with Gasteiger partial charge in [-0.15, -0.1) is 0 Å². The van der Waals surface area contributed by atoms with Gasteiger partial charge in [0.1, 0.15) is 0 Å². The first-order chi connectivity index (χ1) is 10.0. The fourth-order valence-corrected chi connectivity index (χ4v) is 4.54. The van der Waals surface area contributed by atoms with Gasteiger partial charge < -0.3 is 5.73 Å². The average molecular weight is 353 g/mol. The molecule has 0 bridgehead atoms. The molecule has 0 aromatic heterocycles. The molecule has 0 heterocycles. The molecule has 0 aliphatic heterocycles. The molecule has 1 saturated carbocycles. The number of nitrogens with zero attached hydrogens (tertiary/aromatic N) is 1. The summed E-state index contributed by atoms with van der Waals surface area (Å²) in [5.74, 6) is 1.39. The van der Waals surface area contributed by atoms with Gasteiger partial charge in [0.05, 0.1) is 0 Å². The van der Waals surface area contributed by atoms with Gasteiger partial charge in [-0.3, -0.25) is 4.90 Å². The summed E-state index contributed by atoms with van der Waals surface area (Å²) in [6.45, 7) is 6.43. The fourth-order valence-electron chi connectivity index (χ4n) is 4.13. The SMILES string of the molecule is CC(C)C1CCCCC1(CN)N(C)Cc1ccccc1Br. The zero-order valence-corrected chi connectivity index (χ0v) is 15.2. The third kappa shape index (κ3) is 3.52. The Morgan fingerprint density at radius 1 is 1.33 bits per heavy atom. The summed E-state index contributed by atoms with van der Waals surface area (Å²) < 4.78 is 1.20. The molecule has 3 heteroatoms. The highest BCUT2D eigenvalue weighted by Gasteiger charge is 2.44. The molecular formula is C18H29BrN2. The summed E-state index contributed by atoms with van der Waals surface area (Å²) in [7, 11) is 2.26. The maximum Gasteiger partial charge on any atom is 0.0362 e. The average Bonchev–Trinajstić information content (AvgIpc) is 2.49. The molecule has 0 radical (unpaired) electrons. The van der Waals surface area contributed by atoms with Crippen LogP contribution in [0.25, 0.3) is 0 Å². The first-order valence-electron chi connectivity index (χ1n) is 8.16. The summed E-state index contributed by atoms with van der Waals surface area (Å²) in [5.41, 5.74) is 7.81. The Balaban J connectivity index is 2.24. The van der Waals surface area contributed by atoms with Crippen LogP contribution in [0.4, 0.5) is 0 Å². The van der Waals surface area contributed by atoms with E-state index in [1.165, 1.54) is 35.7 Å². The number of hydrogen-bond donors (Lipinski definition) is 1. The number of nitrogens with two attached hydrogens (primary N) is 1. The van der Waals surface area contributed by atoms with Crippen LogP contribution in [0.1, 0.15) is 45.1 Å². The van der Waals surface area contributed by atoms with E-state index < -0.39 is 0 Å². The second-order valence-corrected chi connectivity index (χ2v) is 7.71. The Morgan fingerprint density at radius 3 is 2.67 bits per heavy atom. The highest BCUT2D eigenvalue weighted by molar-refractivity contribution is 9.10. The minimum absolute atomic E-state index is 0.154. The minimum atomic E-state index is 0.154. The van der Waals surface area contributed by atoms with E-state index in [2.05, 4.69) is 66.0 Å². The Labute approximate surface area is 138 Å². The third-order valence-corrected chi connectivity index (χ3v) is 6.12. The maximum absolute atomic E-state index is 6.31. The van der Waals surface area contributed by atoms with Crippen molar-refractivity contribution in [3.63, 3.8) is 0 Å². The summed E-state index contributed by atoms with van der Waals surface area (Å²) >= 11 is 3.67. The van der Waals surface area contributed by atoms with E-state index in [0.29, 0.717) is 11.8 Å². The Bertz CT molecular complexity index is 460. The van der Waals surface area contributed by atoms with Crippen molar-refractivity contribution in [3.05, 3.63) is 34.3 Å². The predicted octanol–water partition coefficient (Wildman–Crippen LogP) is 4.42. The molecule has 0 saturated heterocycles. The number of hydrogen-bond acceptors (Lipinski definition) is 2. The molecule has 1 aromatic rings. The van der Waals surface area contributed by atoms with E-state index >= 15 is 0 Å². The smallest absolute Gasteiger partial charge is 0.0362 e. The van der Waals surface area contributed by atoms with Gasteiger partial charge in [0.25, 0.3) is 0 Å². The van der Waals surface area contributed by atoms with Crippen molar-refractivity contribution in [1.29, 1.82) is 0 Å². The molecule has 2 nitrogen and oxygen atoms in total. The third-order valence-electron chi connectivity index (χ3n) is 5.35. The molecule has 1 aromatic carbocycles. The number of rotatable bonds is 5. The zero-order valence-electron chi connectivity index (χ0n) is 13.6. The van der Waals surface area contributed by atoms with E-state index in [1.54, 1.807) is 0 Å². The highest BCUT2D eigenvalue weighted by atomic mass is 79.9. The van der Waals surface area contributed by atoms with Crippen molar-refractivity contribution >= 4 is 15.9 Å². The summed E-state index contributed by atoms with van der Waals surface area (Å²) in [5, 5.41) is 0. The van der Waals surface area contributed by atoms with Gasteiger partial charge >= 0.3 is 0 Å². The monoisotopic (exact) mass is 352 g/mol. The second kappa shape index (κ2) is 7.26. The van der Waals surface area contributed by atoms with Crippen LogP contribution in [0, 0.1) is 11.8 Å². The van der Waals surface area contributed by atoms with Crippen LogP contribution >= 0.6 is 15.9 Å². The molecule has 2 atom stereocenters. The van der Waals surface area contributed by atoms with Gasteiger partial charge in [0, 0.05) is 23.1 Å². The standard InChI is InChI=1S/C18H29BrN2/c1-14(2)16-9-6-7-11-18(16,13-20)21(3)12-15-8-4-5-10-17(15)19/h4-5,8,10,14,16H,6-7,9,11-13,20H2,1-3H3. The van der Waals surface area contributed by atoms with Gasteiger partial charge in [-0.05, 0) is 43.4 Å². The van der Waals surface area contributed by atoms with Crippen LogP contribution < -0.4 is 5.73 Å². The van der Waals surface area contributed by atoms with Crippen LogP contribution in [0.15, 0.2) is 28.7 Å². The van der Waals surface area contributed by atoms with E-state index in [9.17, 15) is 0 Å². The molecule has 2 rings (SSSR count). The van der Waals surface area contributed by atoms with Gasteiger partial charge in [0.2, 0.25) is 0 Å². The van der Waals surface area contributed by atoms with Gasteiger partial charge in [0.15, 0.2) is 0 Å². The molecule has 21 heavy (non-hydrogen) atoms. The van der Waals surface area contributed by atoms with Crippen LogP contribution in [0.2, 0.25) is 0 Å². The van der Waals surface area contributed by atoms with Gasteiger partial charge in [-0.25, -0.2) is 0 Å². The minimum Gasteiger partial charge on any atom is -0.329 e. The topological polar surface area (TPSA) is 29.3 Å². The lowest BCUT2D eigenvalue weighted by atomic mass is 9.67. The predicted molar refractivity (Wildman–Crippen MR) is 94.2 cm³/mol. The van der Waals surface area contributed by atoms with E-state index in [1.807, 2.05) is 0 Å². The molecule has 0 amide bonds. The molecule has 1 fully saturated rings. The van der Waals surface area contributed by atoms with E-state index in [-0.39, 0.29) is 5.54 Å². The van der Waals surface area contributed by atoms with Crippen LogP contribution in [0.5, 0.6) is 0 Å².